The van der Waals surface area contributed by atoms with E-state index in [1.807, 2.05) is 25.1 Å². The molecule has 0 bridgehead atoms. The molecule has 1 aromatic carbocycles. The van der Waals surface area contributed by atoms with Crippen LogP contribution in [0, 0.1) is 6.92 Å². The SMILES string of the molecule is Cc1cccc(C(=O)CSCC(O)CO)c1. The van der Waals surface area contributed by atoms with Gasteiger partial charge in [-0.3, -0.25) is 4.79 Å². The summed E-state index contributed by atoms with van der Waals surface area (Å²) in [7, 11) is 0. The molecule has 0 aliphatic heterocycles. The van der Waals surface area contributed by atoms with Crippen LogP contribution in [0.5, 0.6) is 0 Å². The highest BCUT2D eigenvalue weighted by molar-refractivity contribution is 8.00. The number of aliphatic hydroxyl groups is 2. The van der Waals surface area contributed by atoms with Crippen molar-refractivity contribution >= 4 is 17.5 Å². The maximum atomic E-state index is 11.7. The first-order valence-electron chi connectivity index (χ1n) is 5.10. The second-order valence-electron chi connectivity index (χ2n) is 3.64. The quantitative estimate of drug-likeness (QED) is 0.735. The standard InChI is InChI=1S/C12H16O3S/c1-9-3-2-4-10(5-9)12(15)8-16-7-11(14)6-13/h2-5,11,13-14H,6-8H2,1H3. The van der Waals surface area contributed by atoms with Gasteiger partial charge in [0.2, 0.25) is 0 Å². The van der Waals surface area contributed by atoms with Crippen molar-refractivity contribution in [2.24, 2.45) is 0 Å². The van der Waals surface area contributed by atoms with Gasteiger partial charge >= 0.3 is 0 Å². The molecule has 0 aliphatic rings. The molecule has 0 amide bonds. The zero-order valence-electron chi connectivity index (χ0n) is 9.22. The summed E-state index contributed by atoms with van der Waals surface area (Å²) in [4.78, 5) is 11.7. The fraction of sp³-hybridized carbons (Fsp3) is 0.417. The number of carbonyl (C=O) groups is 1. The minimum atomic E-state index is -0.740. The maximum absolute atomic E-state index is 11.7. The van der Waals surface area contributed by atoms with Crippen molar-refractivity contribution in [1.82, 2.24) is 0 Å². The third-order valence-electron chi connectivity index (χ3n) is 2.09. The maximum Gasteiger partial charge on any atom is 0.172 e. The van der Waals surface area contributed by atoms with Crippen LogP contribution in [0.1, 0.15) is 15.9 Å². The van der Waals surface area contributed by atoms with Crippen LogP contribution in [0.25, 0.3) is 0 Å². The normalized spacial score (nSPS) is 12.4. The number of aryl methyl sites for hydroxylation is 1. The molecule has 4 heteroatoms. The van der Waals surface area contributed by atoms with E-state index in [1.54, 1.807) is 6.07 Å². The lowest BCUT2D eigenvalue weighted by Gasteiger charge is -2.06. The molecule has 2 N–H and O–H groups in total. The van der Waals surface area contributed by atoms with E-state index >= 15 is 0 Å². The Bertz CT molecular complexity index is 352. The molecule has 0 fully saturated rings. The molecule has 88 valence electrons. The molecule has 1 atom stereocenters. The number of thioether (sulfide) groups is 1. The molecule has 3 nitrogen and oxygen atoms in total. The number of benzene rings is 1. The molecule has 0 heterocycles. The van der Waals surface area contributed by atoms with Gasteiger partial charge in [0, 0.05) is 11.3 Å². The summed E-state index contributed by atoms with van der Waals surface area (Å²) in [5.41, 5.74) is 1.76. The van der Waals surface area contributed by atoms with E-state index in [4.69, 9.17) is 10.2 Å². The van der Waals surface area contributed by atoms with Gasteiger partial charge in [0.1, 0.15) is 0 Å². The molecule has 0 saturated carbocycles. The van der Waals surface area contributed by atoms with Crippen molar-refractivity contribution in [3.63, 3.8) is 0 Å². The number of hydrogen-bond acceptors (Lipinski definition) is 4. The number of hydrogen-bond donors (Lipinski definition) is 2. The van der Waals surface area contributed by atoms with Crippen LogP contribution in [0.4, 0.5) is 0 Å². The molecule has 0 spiro atoms. The van der Waals surface area contributed by atoms with Crippen LogP contribution in [0.3, 0.4) is 0 Å². The van der Waals surface area contributed by atoms with Crippen LogP contribution >= 0.6 is 11.8 Å². The van der Waals surface area contributed by atoms with E-state index in [1.165, 1.54) is 11.8 Å². The fourth-order valence-corrected chi connectivity index (χ4v) is 2.09. The van der Waals surface area contributed by atoms with Gasteiger partial charge in [0.25, 0.3) is 0 Å². The minimum absolute atomic E-state index is 0.0545. The largest absolute Gasteiger partial charge is 0.394 e. The van der Waals surface area contributed by atoms with E-state index < -0.39 is 6.10 Å². The number of rotatable bonds is 6. The van der Waals surface area contributed by atoms with Gasteiger partial charge in [-0.1, -0.05) is 23.8 Å². The second-order valence-corrected chi connectivity index (χ2v) is 4.67. The Kier molecular flexibility index (Phi) is 5.52. The molecule has 0 saturated heterocycles. The van der Waals surface area contributed by atoms with Gasteiger partial charge < -0.3 is 10.2 Å². The minimum Gasteiger partial charge on any atom is -0.394 e. The summed E-state index contributed by atoms with van der Waals surface area (Å²) in [6.45, 7) is 1.69. The average molecular weight is 240 g/mol. The predicted molar refractivity (Wildman–Crippen MR) is 65.9 cm³/mol. The number of Topliss-reactive ketones (excluding diaryl/α,β-unsaturated/α-hetero) is 1. The van der Waals surface area contributed by atoms with Gasteiger partial charge in [-0.25, -0.2) is 0 Å². The third kappa shape index (κ3) is 4.35. The molecule has 1 unspecified atom stereocenters. The topological polar surface area (TPSA) is 57.5 Å². The summed E-state index contributed by atoms with van der Waals surface area (Å²) >= 11 is 1.34. The van der Waals surface area contributed by atoms with E-state index in [0.717, 1.165) is 5.56 Å². The van der Waals surface area contributed by atoms with Crippen molar-refractivity contribution < 1.29 is 15.0 Å². The summed E-state index contributed by atoms with van der Waals surface area (Å²) < 4.78 is 0. The molecular weight excluding hydrogens is 224 g/mol. The third-order valence-corrected chi connectivity index (χ3v) is 3.18. The summed E-state index contributed by atoms with van der Waals surface area (Å²) in [6.07, 6.45) is -0.740. The zero-order chi connectivity index (χ0) is 12.0. The summed E-state index contributed by atoms with van der Waals surface area (Å²) in [5.74, 6) is 0.771. The molecule has 1 rings (SSSR count). The van der Waals surface area contributed by atoms with Gasteiger partial charge in [0.15, 0.2) is 5.78 Å². The smallest absolute Gasteiger partial charge is 0.172 e. The number of ketones is 1. The highest BCUT2D eigenvalue weighted by Gasteiger charge is 2.08. The van der Waals surface area contributed by atoms with E-state index in [2.05, 4.69) is 0 Å². The van der Waals surface area contributed by atoms with Crippen LogP contribution < -0.4 is 0 Å². The Labute approximate surface area is 99.5 Å². The van der Waals surface area contributed by atoms with Crippen molar-refractivity contribution in [2.75, 3.05) is 18.1 Å². The Balaban J connectivity index is 2.41. The van der Waals surface area contributed by atoms with Crippen molar-refractivity contribution in [3.8, 4) is 0 Å². The predicted octanol–water partition coefficient (Wildman–Crippen LogP) is 1.26. The molecule has 0 aliphatic carbocycles. The molecular formula is C12H16O3S. The van der Waals surface area contributed by atoms with Crippen LogP contribution in [-0.2, 0) is 0 Å². The lowest BCUT2D eigenvalue weighted by Crippen LogP contribution is -2.16. The number of aliphatic hydroxyl groups excluding tert-OH is 2. The average Bonchev–Trinajstić information content (AvgIpc) is 2.28. The van der Waals surface area contributed by atoms with Crippen LogP contribution in [-0.4, -0.2) is 40.2 Å². The van der Waals surface area contributed by atoms with Crippen molar-refractivity contribution in [3.05, 3.63) is 35.4 Å². The van der Waals surface area contributed by atoms with Gasteiger partial charge in [-0.15, -0.1) is 0 Å². The Morgan fingerprint density at radius 2 is 2.25 bits per heavy atom. The summed E-state index contributed by atoms with van der Waals surface area (Å²) in [6, 6.07) is 7.44. The first-order valence-corrected chi connectivity index (χ1v) is 6.25. The molecule has 0 aromatic heterocycles. The molecule has 16 heavy (non-hydrogen) atoms. The van der Waals surface area contributed by atoms with Crippen molar-refractivity contribution in [2.45, 2.75) is 13.0 Å². The van der Waals surface area contributed by atoms with Gasteiger partial charge in [0.05, 0.1) is 18.5 Å². The Morgan fingerprint density at radius 3 is 2.88 bits per heavy atom. The fourth-order valence-electron chi connectivity index (χ4n) is 1.24. The molecule has 1 aromatic rings. The first-order chi connectivity index (χ1) is 7.63. The first kappa shape index (κ1) is 13.2. The lowest BCUT2D eigenvalue weighted by atomic mass is 10.1. The van der Waals surface area contributed by atoms with Gasteiger partial charge in [-0.05, 0) is 13.0 Å². The van der Waals surface area contributed by atoms with E-state index in [-0.39, 0.29) is 12.4 Å². The highest BCUT2D eigenvalue weighted by atomic mass is 32.2. The monoisotopic (exact) mass is 240 g/mol. The Hall–Kier alpha value is -0.840. The molecule has 0 radical (unpaired) electrons. The van der Waals surface area contributed by atoms with Crippen molar-refractivity contribution in [1.29, 1.82) is 0 Å². The zero-order valence-corrected chi connectivity index (χ0v) is 10.0. The van der Waals surface area contributed by atoms with Gasteiger partial charge in [-0.2, -0.15) is 11.8 Å². The summed E-state index contributed by atoms with van der Waals surface area (Å²) in [5, 5.41) is 17.7. The second kappa shape index (κ2) is 6.68. The van der Waals surface area contributed by atoms with Crippen LogP contribution in [0.2, 0.25) is 0 Å². The Morgan fingerprint density at radius 1 is 1.50 bits per heavy atom. The van der Waals surface area contributed by atoms with E-state index in [9.17, 15) is 4.79 Å². The highest BCUT2D eigenvalue weighted by Crippen LogP contribution is 2.10. The van der Waals surface area contributed by atoms with E-state index in [0.29, 0.717) is 17.1 Å². The lowest BCUT2D eigenvalue weighted by molar-refractivity contribution is 0.102. The number of carbonyl (C=O) groups excluding carboxylic acids is 1. The van der Waals surface area contributed by atoms with Crippen LogP contribution in [0.15, 0.2) is 24.3 Å².